The molecule has 0 saturated carbocycles. The summed E-state index contributed by atoms with van der Waals surface area (Å²) in [5.41, 5.74) is -2.40. The fraction of sp³-hybridized carbons (Fsp3) is 0.750. The van der Waals surface area contributed by atoms with Crippen LogP contribution >= 0.6 is 0 Å². The Kier molecular flexibility index (Phi) is 5.78. The van der Waals surface area contributed by atoms with Crippen molar-refractivity contribution >= 4 is 11.9 Å². The number of hydrogen-bond acceptors (Lipinski definition) is 2. The molecule has 2 unspecified atom stereocenters. The molecule has 1 rings (SSSR count). The highest BCUT2D eigenvalue weighted by Crippen LogP contribution is 2.54. The van der Waals surface area contributed by atoms with Gasteiger partial charge in [0.15, 0.2) is 0 Å². The van der Waals surface area contributed by atoms with Crippen LogP contribution in [-0.4, -0.2) is 22.2 Å². The standard InChI is InChI=1S/C16H26O4/c1-3-5-9-15(13(17)18)11-7-8-12-16(15,14(19)20)10-6-4-2/h7,11H,3-6,8-10,12H2,1-2H3,(H,17,18)(H,19,20). The first-order chi connectivity index (χ1) is 9.47. The molecular weight excluding hydrogens is 256 g/mol. The largest absolute Gasteiger partial charge is 0.481 e. The summed E-state index contributed by atoms with van der Waals surface area (Å²) in [7, 11) is 0. The Bertz CT molecular complexity index is 388. The lowest BCUT2D eigenvalue weighted by atomic mass is 9.54. The van der Waals surface area contributed by atoms with Crippen molar-refractivity contribution in [3.05, 3.63) is 12.2 Å². The molecule has 1 aliphatic carbocycles. The van der Waals surface area contributed by atoms with Crippen LogP contribution in [-0.2, 0) is 9.59 Å². The number of aliphatic carboxylic acids is 2. The number of carboxylic acids is 2. The molecule has 0 aromatic carbocycles. The lowest BCUT2D eigenvalue weighted by Gasteiger charge is -2.46. The van der Waals surface area contributed by atoms with Gasteiger partial charge in [-0.15, -0.1) is 0 Å². The topological polar surface area (TPSA) is 74.6 Å². The highest BCUT2D eigenvalue weighted by molar-refractivity contribution is 5.88. The first-order valence-corrected chi connectivity index (χ1v) is 7.61. The Morgan fingerprint density at radius 3 is 2.15 bits per heavy atom. The third kappa shape index (κ3) is 2.74. The zero-order valence-corrected chi connectivity index (χ0v) is 12.5. The van der Waals surface area contributed by atoms with Crippen molar-refractivity contribution in [3.63, 3.8) is 0 Å². The first kappa shape index (κ1) is 16.7. The third-order valence-corrected chi connectivity index (χ3v) is 4.67. The molecule has 0 spiro atoms. The molecule has 1 aliphatic rings. The van der Waals surface area contributed by atoms with Gasteiger partial charge in [0.1, 0.15) is 5.41 Å². The Labute approximate surface area is 120 Å². The number of carbonyl (C=O) groups is 2. The molecule has 4 nitrogen and oxygen atoms in total. The van der Waals surface area contributed by atoms with Gasteiger partial charge in [0.25, 0.3) is 0 Å². The summed E-state index contributed by atoms with van der Waals surface area (Å²) in [4.78, 5) is 23.9. The Hall–Kier alpha value is -1.32. The van der Waals surface area contributed by atoms with Crippen molar-refractivity contribution < 1.29 is 19.8 Å². The maximum atomic E-state index is 12.0. The van der Waals surface area contributed by atoms with Crippen molar-refractivity contribution in [3.8, 4) is 0 Å². The van der Waals surface area contributed by atoms with E-state index in [-0.39, 0.29) is 0 Å². The summed E-state index contributed by atoms with van der Waals surface area (Å²) in [6.45, 7) is 4.00. The summed E-state index contributed by atoms with van der Waals surface area (Å²) in [5.74, 6) is -1.94. The predicted molar refractivity (Wildman–Crippen MR) is 77.6 cm³/mol. The highest BCUT2D eigenvalue weighted by Gasteiger charge is 2.59. The van der Waals surface area contributed by atoms with E-state index in [9.17, 15) is 19.8 Å². The molecule has 0 radical (unpaired) electrons. The fourth-order valence-corrected chi connectivity index (χ4v) is 3.39. The average molecular weight is 282 g/mol. The van der Waals surface area contributed by atoms with Crippen LogP contribution in [0.5, 0.6) is 0 Å². The van der Waals surface area contributed by atoms with E-state index in [0.29, 0.717) is 25.7 Å². The molecule has 0 heterocycles. The van der Waals surface area contributed by atoms with E-state index in [2.05, 4.69) is 0 Å². The fourth-order valence-electron chi connectivity index (χ4n) is 3.39. The Balaban J connectivity index is 3.29. The van der Waals surface area contributed by atoms with Crippen molar-refractivity contribution in [2.24, 2.45) is 10.8 Å². The molecular formula is C16H26O4. The predicted octanol–water partition coefficient (Wildman–Crippen LogP) is 3.86. The van der Waals surface area contributed by atoms with Gasteiger partial charge < -0.3 is 10.2 Å². The lowest BCUT2D eigenvalue weighted by molar-refractivity contribution is -0.173. The van der Waals surface area contributed by atoms with E-state index >= 15 is 0 Å². The number of allylic oxidation sites excluding steroid dienone is 1. The summed E-state index contributed by atoms with van der Waals surface area (Å²) in [6, 6.07) is 0. The molecule has 2 atom stereocenters. The van der Waals surface area contributed by atoms with E-state index < -0.39 is 22.8 Å². The minimum absolute atomic E-state index is 0.408. The van der Waals surface area contributed by atoms with E-state index in [0.717, 1.165) is 25.7 Å². The van der Waals surface area contributed by atoms with Crippen molar-refractivity contribution in [1.82, 2.24) is 0 Å². The van der Waals surface area contributed by atoms with E-state index in [4.69, 9.17) is 0 Å². The lowest BCUT2D eigenvalue weighted by Crippen LogP contribution is -2.53. The highest BCUT2D eigenvalue weighted by atomic mass is 16.4. The third-order valence-electron chi connectivity index (χ3n) is 4.67. The van der Waals surface area contributed by atoms with Crippen molar-refractivity contribution in [2.75, 3.05) is 0 Å². The van der Waals surface area contributed by atoms with Crippen LogP contribution in [0.1, 0.15) is 65.2 Å². The van der Waals surface area contributed by atoms with Gasteiger partial charge in [-0.3, -0.25) is 9.59 Å². The molecule has 0 aromatic heterocycles. The minimum atomic E-state index is -1.25. The molecule has 114 valence electrons. The molecule has 0 amide bonds. The van der Waals surface area contributed by atoms with Crippen LogP contribution in [0.4, 0.5) is 0 Å². The summed E-state index contributed by atoms with van der Waals surface area (Å²) < 4.78 is 0. The number of carboxylic acid groups (broad SMARTS) is 2. The second kappa shape index (κ2) is 6.91. The van der Waals surface area contributed by atoms with E-state index in [1.807, 2.05) is 19.9 Å². The zero-order chi connectivity index (χ0) is 15.2. The molecule has 0 aliphatic heterocycles. The van der Waals surface area contributed by atoms with Crippen LogP contribution in [0.15, 0.2) is 12.2 Å². The molecule has 0 fully saturated rings. The summed E-state index contributed by atoms with van der Waals surface area (Å²) >= 11 is 0. The van der Waals surface area contributed by atoms with E-state index in [1.165, 1.54) is 0 Å². The normalized spacial score (nSPS) is 29.3. The first-order valence-electron chi connectivity index (χ1n) is 7.61. The summed E-state index contributed by atoms with van der Waals surface area (Å²) in [5, 5.41) is 19.6. The van der Waals surface area contributed by atoms with E-state index in [1.54, 1.807) is 6.08 Å². The Morgan fingerprint density at radius 2 is 1.65 bits per heavy atom. The minimum Gasteiger partial charge on any atom is -0.481 e. The number of unbranched alkanes of at least 4 members (excludes halogenated alkanes) is 2. The maximum Gasteiger partial charge on any atom is 0.314 e. The van der Waals surface area contributed by atoms with Gasteiger partial charge in [0.05, 0.1) is 5.41 Å². The molecule has 2 N–H and O–H groups in total. The van der Waals surface area contributed by atoms with Crippen LogP contribution in [0, 0.1) is 10.8 Å². The van der Waals surface area contributed by atoms with Gasteiger partial charge in [-0.25, -0.2) is 0 Å². The smallest absolute Gasteiger partial charge is 0.314 e. The quantitative estimate of drug-likeness (QED) is 0.663. The second-order valence-corrected chi connectivity index (χ2v) is 5.81. The van der Waals surface area contributed by atoms with Crippen molar-refractivity contribution in [1.29, 1.82) is 0 Å². The van der Waals surface area contributed by atoms with Gasteiger partial charge >= 0.3 is 11.9 Å². The molecule has 20 heavy (non-hydrogen) atoms. The van der Waals surface area contributed by atoms with Gasteiger partial charge in [-0.05, 0) is 25.7 Å². The van der Waals surface area contributed by atoms with Crippen LogP contribution in [0.25, 0.3) is 0 Å². The molecule has 4 heteroatoms. The van der Waals surface area contributed by atoms with Crippen LogP contribution < -0.4 is 0 Å². The second-order valence-electron chi connectivity index (χ2n) is 5.81. The molecule has 0 aromatic rings. The number of hydrogen-bond donors (Lipinski definition) is 2. The number of rotatable bonds is 8. The van der Waals surface area contributed by atoms with Crippen LogP contribution in [0.2, 0.25) is 0 Å². The van der Waals surface area contributed by atoms with Gasteiger partial charge in [0, 0.05) is 0 Å². The Morgan fingerprint density at radius 1 is 1.05 bits per heavy atom. The van der Waals surface area contributed by atoms with Gasteiger partial charge in [-0.2, -0.15) is 0 Å². The maximum absolute atomic E-state index is 12.0. The molecule has 0 bridgehead atoms. The van der Waals surface area contributed by atoms with Crippen molar-refractivity contribution in [2.45, 2.75) is 65.2 Å². The average Bonchev–Trinajstić information content (AvgIpc) is 2.43. The van der Waals surface area contributed by atoms with Crippen LogP contribution in [0.3, 0.4) is 0 Å². The van der Waals surface area contributed by atoms with Gasteiger partial charge in [0.2, 0.25) is 0 Å². The summed E-state index contributed by atoms with van der Waals surface area (Å²) in [6.07, 6.45) is 8.67. The van der Waals surface area contributed by atoms with Gasteiger partial charge in [-0.1, -0.05) is 51.7 Å². The monoisotopic (exact) mass is 282 g/mol. The zero-order valence-electron chi connectivity index (χ0n) is 12.5. The molecule has 0 saturated heterocycles. The SMILES string of the molecule is CCCCC1(C(=O)O)C=CCCC1(CCCC)C(=O)O.